The lowest BCUT2D eigenvalue weighted by Gasteiger charge is -2.13. The number of aromatic nitrogens is 1. The Morgan fingerprint density at radius 3 is 2.17 bits per heavy atom. The minimum absolute atomic E-state index is 0.382. The molecular formula is C33H27N2O+. The fourth-order valence-electron chi connectivity index (χ4n) is 5.48. The molecule has 0 amide bonds. The molecule has 4 aromatic carbocycles. The van der Waals surface area contributed by atoms with Gasteiger partial charge in [0.1, 0.15) is 18.2 Å². The third kappa shape index (κ3) is 3.22. The lowest BCUT2D eigenvalue weighted by atomic mass is 9.93. The van der Waals surface area contributed by atoms with Gasteiger partial charge in [-0.2, -0.15) is 9.83 Å². The quantitative estimate of drug-likeness (QED) is 0.246. The van der Waals surface area contributed by atoms with Gasteiger partial charge in [-0.25, -0.2) is 0 Å². The van der Waals surface area contributed by atoms with Gasteiger partial charge in [0, 0.05) is 33.9 Å². The monoisotopic (exact) mass is 467 g/mol. The molecule has 6 aromatic rings. The van der Waals surface area contributed by atoms with Crippen molar-refractivity contribution in [2.24, 2.45) is 7.05 Å². The second-order valence-electron chi connectivity index (χ2n) is 9.79. The molecule has 0 unspecified atom stereocenters. The Balaban J connectivity index is 1.75. The molecule has 6 rings (SSSR count). The van der Waals surface area contributed by atoms with Gasteiger partial charge in [0.15, 0.2) is 0 Å². The van der Waals surface area contributed by atoms with E-state index in [0.717, 1.165) is 49.9 Å². The van der Waals surface area contributed by atoms with Gasteiger partial charge in [0.25, 0.3) is 0 Å². The summed E-state index contributed by atoms with van der Waals surface area (Å²) in [5.74, 6) is 0.382. The third-order valence-electron chi connectivity index (χ3n) is 7.31. The van der Waals surface area contributed by atoms with E-state index in [9.17, 15) is 5.26 Å². The summed E-state index contributed by atoms with van der Waals surface area (Å²) in [5.41, 5.74) is 9.96. The smallest absolute Gasteiger partial charge is 0.217 e. The maximum atomic E-state index is 9.92. The van der Waals surface area contributed by atoms with Crippen molar-refractivity contribution in [3.63, 3.8) is 0 Å². The maximum Gasteiger partial charge on any atom is 0.217 e. The second kappa shape index (κ2) is 8.36. The van der Waals surface area contributed by atoms with Crippen molar-refractivity contribution < 1.29 is 8.98 Å². The van der Waals surface area contributed by atoms with Crippen LogP contribution in [0.2, 0.25) is 0 Å². The SMILES string of the molecule is Cc1ccc2c(oc3c(-c4ccccc4)c(C#N)ccc32)c1-c1cc(C(C)C)c2ccccc2[n+]1C. The highest BCUT2D eigenvalue weighted by Crippen LogP contribution is 2.42. The van der Waals surface area contributed by atoms with Gasteiger partial charge in [-0.05, 0) is 47.7 Å². The molecule has 0 aliphatic heterocycles. The maximum absolute atomic E-state index is 9.92. The summed E-state index contributed by atoms with van der Waals surface area (Å²) in [4.78, 5) is 0. The zero-order chi connectivity index (χ0) is 25.0. The van der Waals surface area contributed by atoms with Crippen LogP contribution in [-0.4, -0.2) is 0 Å². The molecule has 0 atom stereocenters. The van der Waals surface area contributed by atoms with Gasteiger partial charge >= 0.3 is 0 Å². The van der Waals surface area contributed by atoms with Crippen molar-refractivity contribution in [2.75, 3.05) is 0 Å². The van der Waals surface area contributed by atoms with Crippen LogP contribution in [0.4, 0.5) is 0 Å². The summed E-state index contributed by atoms with van der Waals surface area (Å²) in [6, 6.07) is 31.6. The topological polar surface area (TPSA) is 40.8 Å². The number of furan rings is 1. The lowest BCUT2D eigenvalue weighted by Crippen LogP contribution is -2.33. The van der Waals surface area contributed by atoms with Crippen LogP contribution in [0.25, 0.3) is 55.2 Å². The fraction of sp³-hybridized carbons (Fsp3) is 0.152. The number of fused-ring (bicyclic) bond motifs is 4. The van der Waals surface area contributed by atoms with Crippen LogP contribution in [0.15, 0.2) is 89.3 Å². The van der Waals surface area contributed by atoms with Crippen LogP contribution >= 0.6 is 0 Å². The molecule has 3 heteroatoms. The summed E-state index contributed by atoms with van der Waals surface area (Å²) in [6.07, 6.45) is 0. The van der Waals surface area contributed by atoms with E-state index < -0.39 is 0 Å². The Morgan fingerprint density at radius 1 is 0.778 bits per heavy atom. The van der Waals surface area contributed by atoms with E-state index >= 15 is 0 Å². The summed E-state index contributed by atoms with van der Waals surface area (Å²) in [5, 5.41) is 13.3. The molecule has 174 valence electrons. The molecule has 3 nitrogen and oxygen atoms in total. The molecule has 36 heavy (non-hydrogen) atoms. The highest BCUT2D eigenvalue weighted by atomic mass is 16.3. The highest BCUT2D eigenvalue weighted by Gasteiger charge is 2.26. The standard InChI is InChI=1S/C33H27N2O/c1-20(2)27-18-29(35(4)28-13-9-8-12-24(27)28)30-21(3)14-16-25-26-17-15-23(19-34)31(33(26)36-32(25)30)22-10-6-5-7-11-22/h5-18,20H,1-4H3/q+1. The van der Waals surface area contributed by atoms with Gasteiger partial charge in [0.2, 0.25) is 11.2 Å². The zero-order valence-electron chi connectivity index (χ0n) is 21.0. The molecule has 0 aliphatic rings. The highest BCUT2D eigenvalue weighted by molar-refractivity contribution is 6.14. The van der Waals surface area contributed by atoms with Crippen molar-refractivity contribution in [1.82, 2.24) is 0 Å². The van der Waals surface area contributed by atoms with E-state index in [1.807, 2.05) is 42.5 Å². The van der Waals surface area contributed by atoms with Crippen LogP contribution in [-0.2, 0) is 7.05 Å². The van der Waals surface area contributed by atoms with Crippen molar-refractivity contribution in [2.45, 2.75) is 26.7 Å². The van der Waals surface area contributed by atoms with E-state index in [1.54, 1.807) is 0 Å². The third-order valence-corrected chi connectivity index (χ3v) is 7.31. The van der Waals surface area contributed by atoms with E-state index in [0.29, 0.717) is 11.5 Å². The van der Waals surface area contributed by atoms with Gasteiger partial charge in [-0.15, -0.1) is 0 Å². The Labute approximate surface area is 210 Å². The van der Waals surface area contributed by atoms with Gasteiger partial charge in [-0.1, -0.05) is 68.4 Å². The molecule has 0 radical (unpaired) electrons. The van der Waals surface area contributed by atoms with Crippen LogP contribution in [0, 0.1) is 18.3 Å². The summed E-state index contributed by atoms with van der Waals surface area (Å²) < 4.78 is 9.02. The molecule has 0 N–H and O–H groups in total. The van der Waals surface area contributed by atoms with Gasteiger partial charge < -0.3 is 4.42 Å². The number of nitriles is 1. The molecular weight excluding hydrogens is 440 g/mol. The Kier molecular flexibility index (Phi) is 5.12. The van der Waals surface area contributed by atoms with Crippen LogP contribution in [0.1, 0.15) is 36.5 Å². The first kappa shape index (κ1) is 22.1. The zero-order valence-corrected chi connectivity index (χ0v) is 21.0. The number of rotatable bonds is 3. The number of pyridine rings is 1. The van der Waals surface area contributed by atoms with E-state index in [4.69, 9.17) is 4.42 Å². The molecule has 0 aliphatic carbocycles. The van der Waals surface area contributed by atoms with E-state index in [-0.39, 0.29) is 0 Å². The first-order valence-electron chi connectivity index (χ1n) is 12.4. The fourth-order valence-corrected chi connectivity index (χ4v) is 5.48. The lowest BCUT2D eigenvalue weighted by molar-refractivity contribution is -0.633. The largest absolute Gasteiger partial charge is 0.454 e. The Morgan fingerprint density at radius 2 is 1.44 bits per heavy atom. The van der Waals surface area contributed by atoms with Crippen LogP contribution in [0.5, 0.6) is 0 Å². The molecule has 2 aromatic heterocycles. The first-order valence-corrected chi connectivity index (χ1v) is 12.4. The minimum Gasteiger partial charge on any atom is -0.454 e. The Hall–Kier alpha value is -4.42. The number of hydrogen-bond donors (Lipinski definition) is 0. The average molecular weight is 468 g/mol. The van der Waals surface area contributed by atoms with Gasteiger partial charge in [-0.3, -0.25) is 0 Å². The molecule has 0 bridgehead atoms. The van der Waals surface area contributed by atoms with E-state index in [2.05, 4.69) is 80.9 Å². The molecule has 2 heterocycles. The van der Waals surface area contributed by atoms with Crippen molar-refractivity contribution >= 4 is 32.8 Å². The Bertz CT molecular complexity index is 1840. The first-order chi connectivity index (χ1) is 17.5. The van der Waals surface area contributed by atoms with Crippen molar-refractivity contribution in [3.8, 4) is 28.5 Å². The molecule has 0 spiro atoms. The number of aryl methyl sites for hydroxylation is 2. The number of nitrogens with zero attached hydrogens (tertiary/aromatic N) is 2. The summed E-state index contributed by atoms with van der Waals surface area (Å²) >= 11 is 0. The molecule has 0 fully saturated rings. The van der Waals surface area contributed by atoms with Crippen molar-refractivity contribution in [1.29, 1.82) is 5.26 Å². The number of para-hydroxylation sites is 1. The number of benzene rings is 4. The minimum atomic E-state index is 0.382. The number of hydrogen-bond acceptors (Lipinski definition) is 2. The molecule has 0 saturated heterocycles. The van der Waals surface area contributed by atoms with Crippen LogP contribution < -0.4 is 4.57 Å². The summed E-state index contributed by atoms with van der Waals surface area (Å²) in [7, 11) is 2.13. The van der Waals surface area contributed by atoms with Gasteiger partial charge in [0.05, 0.1) is 17.2 Å². The average Bonchev–Trinajstić information content (AvgIpc) is 3.27. The predicted molar refractivity (Wildman–Crippen MR) is 147 cm³/mol. The predicted octanol–water partition coefficient (Wildman–Crippen LogP) is 8.20. The summed E-state index contributed by atoms with van der Waals surface area (Å²) in [6.45, 7) is 6.64. The van der Waals surface area contributed by atoms with Crippen molar-refractivity contribution in [3.05, 3.63) is 102 Å². The second-order valence-corrected chi connectivity index (χ2v) is 9.79. The van der Waals surface area contributed by atoms with Crippen LogP contribution in [0.3, 0.4) is 0 Å². The molecule has 0 saturated carbocycles. The normalized spacial score (nSPS) is 11.6. The van der Waals surface area contributed by atoms with E-state index in [1.165, 1.54) is 16.5 Å².